The molecule has 4 nitrogen and oxygen atoms in total. The molecule has 0 saturated heterocycles. The van der Waals surface area contributed by atoms with Gasteiger partial charge in [-0.15, -0.1) is 0 Å². The molecule has 0 bridgehead atoms. The first kappa shape index (κ1) is 14.8. The van der Waals surface area contributed by atoms with Crippen LogP contribution in [0.5, 0.6) is 0 Å². The van der Waals surface area contributed by atoms with Crippen molar-refractivity contribution in [1.29, 1.82) is 0 Å². The van der Waals surface area contributed by atoms with Gasteiger partial charge in [0.1, 0.15) is 0 Å². The zero-order valence-electron chi connectivity index (χ0n) is 12.3. The minimum Gasteiger partial charge on any atom is -0.335 e. The maximum Gasteiger partial charge on any atom is 0.315 e. The molecule has 2 amide bonds. The van der Waals surface area contributed by atoms with E-state index in [1.165, 1.54) is 32.1 Å². The quantitative estimate of drug-likeness (QED) is 0.886. The molecule has 1 heterocycles. The summed E-state index contributed by atoms with van der Waals surface area (Å²) in [6.07, 6.45) is 10.3. The minimum atomic E-state index is -0.0753. The van der Waals surface area contributed by atoms with E-state index in [2.05, 4.69) is 15.6 Å². The lowest BCUT2D eigenvalue weighted by Crippen LogP contribution is -2.43. The van der Waals surface area contributed by atoms with Crippen molar-refractivity contribution < 1.29 is 4.79 Å². The van der Waals surface area contributed by atoms with Crippen molar-refractivity contribution in [1.82, 2.24) is 15.6 Å². The Labute approximate surface area is 121 Å². The smallest absolute Gasteiger partial charge is 0.315 e. The van der Waals surface area contributed by atoms with E-state index in [1.807, 2.05) is 25.1 Å². The summed E-state index contributed by atoms with van der Waals surface area (Å²) in [4.78, 5) is 16.3. The van der Waals surface area contributed by atoms with Crippen LogP contribution in [0, 0.1) is 0 Å². The molecule has 0 radical (unpaired) electrons. The first-order valence-electron chi connectivity index (χ1n) is 7.73. The summed E-state index contributed by atoms with van der Waals surface area (Å²) in [6.45, 7) is 1.96. The highest BCUT2D eigenvalue weighted by Crippen LogP contribution is 2.17. The van der Waals surface area contributed by atoms with Crippen LogP contribution in [0.2, 0.25) is 0 Å². The van der Waals surface area contributed by atoms with Crippen LogP contribution in [0.3, 0.4) is 0 Å². The Hall–Kier alpha value is -1.58. The Bertz CT molecular complexity index is 399. The molecule has 20 heavy (non-hydrogen) atoms. The molecule has 2 N–H and O–H groups in total. The summed E-state index contributed by atoms with van der Waals surface area (Å²) < 4.78 is 0. The van der Waals surface area contributed by atoms with Crippen LogP contribution in [0.15, 0.2) is 24.4 Å². The van der Waals surface area contributed by atoms with Crippen LogP contribution in [0.4, 0.5) is 4.79 Å². The molecule has 110 valence electrons. The number of carbonyl (C=O) groups is 1. The molecule has 1 aliphatic carbocycles. The molecule has 1 aromatic rings. The molecule has 1 aliphatic rings. The first-order valence-corrected chi connectivity index (χ1v) is 7.73. The number of hydrogen-bond acceptors (Lipinski definition) is 2. The van der Waals surface area contributed by atoms with E-state index < -0.39 is 0 Å². The van der Waals surface area contributed by atoms with Gasteiger partial charge in [-0.1, -0.05) is 38.2 Å². The number of urea groups is 1. The number of nitrogens with one attached hydrogen (secondary N) is 2. The van der Waals surface area contributed by atoms with Crippen LogP contribution >= 0.6 is 0 Å². The Morgan fingerprint density at radius 2 is 1.90 bits per heavy atom. The molecular weight excluding hydrogens is 250 g/mol. The third-order valence-electron chi connectivity index (χ3n) is 3.92. The van der Waals surface area contributed by atoms with Crippen LogP contribution in [-0.4, -0.2) is 17.1 Å². The zero-order chi connectivity index (χ0) is 14.2. The lowest BCUT2D eigenvalue weighted by Gasteiger charge is -2.22. The Morgan fingerprint density at radius 1 is 1.20 bits per heavy atom. The number of nitrogens with zero attached hydrogens (tertiary/aromatic N) is 1. The number of amides is 2. The van der Waals surface area contributed by atoms with Crippen molar-refractivity contribution in [2.45, 2.75) is 64.0 Å². The topological polar surface area (TPSA) is 54.0 Å². The molecule has 0 unspecified atom stereocenters. The lowest BCUT2D eigenvalue weighted by atomic mass is 9.97. The molecule has 0 spiro atoms. The molecule has 4 heteroatoms. The molecular formula is C16H25N3O. The van der Waals surface area contributed by atoms with Gasteiger partial charge in [0.2, 0.25) is 0 Å². The normalized spacial score (nSPS) is 18.6. The largest absolute Gasteiger partial charge is 0.335 e. The van der Waals surface area contributed by atoms with Gasteiger partial charge in [0.25, 0.3) is 0 Å². The Kier molecular flexibility index (Phi) is 5.84. The van der Waals surface area contributed by atoms with E-state index >= 15 is 0 Å². The Morgan fingerprint density at radius 3 is 2.55 bits per heavy atom. The number of pyridine rings is 1. The lowest BCUT2D eigenvalue weighted by molar-refractivity contribution is 0.230. The summed E-state index contributed by atoms with van der Waals surface area (Å²) in [5, 5.41) is 6.08. The molecule has 1 saturated carbocycles. The van der Waals surface area contributed by atoms with Gasteiger partial charge in [0, 0.05) is 12.2 Å². The minimum absolute atomic E-state index is 0.0650. The number of carbonyl (C=O) groups excluding carboxylic acids is 1. The number of aromatic nitrogens is 1. The van der Waals surface area contributed by atoms with Crippen molar-refractivity contribution in [3.05, 3.63) is 30.1 Å². The van der Waals surface area contributed by atoms with Crippen molar-refractivity contribution in [2.24, 2.45) is 0 Å². The summed E-state index contributed by atoms with van der Waals surface area (Å²) in [5.41, 5.74) is 0.889. The highest BCUT2D eigenvalue weighted by molar-refractivity contribution is 5.74. The van der Waals surface area contributed by atoms with Crippen molar-refractivity contribution in [3.63, 3.8) is 0 Å². The first-order chi connectivity index (χ1) is 9.75. The molecule has 0 aliphatic heterocycles. The van der Waals surface area contributed by atoms with Crippen molar-refractivity contribution in [3.8, 4) is 0 Å². The van der Waals surface area contributed by atoms with Gasteiger partial charge in [0.05, 0.1) is 11.7 Å². The van der Waals surface area contributed by atoms with Crippen molar-refractivity contribution in [2.75, 3.05) is 0 Å². The summed E-state index contributed by atoms with van der Waals surface area (Å²) >= 11 is 0. The molecule has 1 fully saturated rings. The predicted octanol–water partition coefficient (Wildman–Crippen LogP) is 3.55. The summed E-state index contributed by atoms with van der Waals surface area (Å²) in [5.74, 6) is 0. The van der Waals surface area contributed by atoms with Crippen LogP contribution in [0.25, 0.3) is 0 Å². The van der Waals surface area contributed by atoms with Crippen LogP contribution < -0.4 is 10.6 Å². The van der Waals surface area contributed by atoms with E-state index in [1.54, 1.807) is 6.20 Å². The molecule has 1 atom stereocenters. The predicted molar refractivity (Wildman–Crippen MR) is 80.4 cm³/mol. The fraction of sp³-hybridized carbons (Fsp3) is 0.625. The van der Waals surface area contributed by atoms with Crippen LogP contribution in [0.1, 0.15) is 63.6 Å². The van der Waals surface area contributed by atoms with Crippen LogP contribution in [-0.2, 0) is 0 Å². The highest BCUT2D eigenvalue weighted by atomic mass is 16.2. The molecule has 2 rings (SSSR count). The van der Waals surface area contributed by atoms with E-state index in [0.29, 0.717) is 6.04 Å². The third kappa shape index (κ3) is 4.83. The van der Waals surface area contributed by atoms with Gasteiger partial charge in [-0.25, -0.2) is 4.79 Å². The average Bonchev–Trinajstić information content (AvgIpc) is 2.42. The highest BCUT2D eigenvalue weighted by Gasteiger charge is 2.16. The second-order valence-corrected chi connectivity index (χ2v) is 5.64. The zero-order valence-corrected chi connectivity index (χ0v) is 12.3. The van der Waals surface area contributed by atoms with E-state index in [4.69, 9.17) is 0 Å². The van der Waals surface area contributed by atoms with Crippen molar-refractivity contribution >= 4 is 6.03 Å². The second-order valence-electron chi connectivity index (χ2n) is 5.64. The van der Waals surface area contributed by atoms with E-state index in [9.17, 15) is 4.79 Å². The standard InChI is InChI=1S/C16H25N3O/c1-13(15-11-7-8-12-17-15)18-16(20)19-14-9-5-3-2-4-6-10-14/h7-8,11-14H,2-6,9-10H2,1H3,(H2,18,19,20)/t13-/m0/s1. The second kappa shape index (κ2) is 7.88. The number of rotatable bonds is 3. The maximum absolute atomic E-state index is 12.0. The van der Waals surface area contributed by atoms with Gasteiger partial charge in [-0.05, 0) is 31.9 Å². The maximum atomic E-state index is 12.0. The van der Waals surface area contributed by atoms with E-state index in [-0.39, 0.29) is 12.1 Å². The fourth-order valence-electron chi connectivity index (χ4n) is 2.73. The molecule has 1 aromatic heterocycles. The monoisotopic (exact) mass is 275 g/mol. The van der Waals surface area contributed by atoms with Gasteiger partial charge in [0.15, 0.2) is 0 Å². The summed E-state index contributed by atoms with van der Waals surface area (Å²) in [7, 11) is 0. The van der Waals surface area contributed by atoms with Gasteiger partial charge in [-0.2, -0.15) is 0 Å². The average molecular weight is 275 g/mol. The Balaban J connectivity index is 1.79. The van der Waals surface area contributed by atoms with Gasteiger partial charge >= 0.3 is 6.03 Å². The molecule has 0 aromatic carbocycles. The van der Waals surface area contributed by atoms with Gasteiger partial charge in [-0.3, -0.25) is 4.98 Å². The third-order valence-corrected chi connectivity index (χ3v) is 3.92. The fourth-order valence-corrected chi connectivity index (χ4v) is 2.73. The summed E-state index contributed by atoms with van der Waals surface area (Å²) in [6, 6.07) is 5.93. The van der Waals surface area contributed by atoms with Gasteiger partial charge < -0.3 is 10.6 Å². The SMILES string of the molecule is C[C@H](NC(=O)NC1CCCCCCC1)c1ccccn1. The van der Waals surface area contributed by atoms with E-state index in [0.717, 1.165) is 18.5 Å². The number of hydrogen-bond donors (Lipinski definition) is 2.